The van der Waals surface area contributed by atoms with Gasteiger partial charge in [-0.1, -0.05) is 6.07 Å². The molecule has 0 spiro atoms. The smallest absolute Gasteiger partial charge is 0.161 e. The monoisotopic (exact) mass is 276 g/mol. The lowest BCUT2D eigenvalue weighted by Gasteiger charge is -2.25. The van der Waals surface area contributed by atoms with Gasteiger partial charge in [0, 0.05) is 19.0 Å². The van der Waals surface area contributed by atoms with E-state index < -0.39 is 0 Å². The second-order valence-corrected chi connectivity index (χ2v) is 5.82. The predicted octanol–water partition coefficient (Wildman–Crippen LogP) is 2.19. The number of nitrogens with two attached hydrogens (primary N) is 1. The van der Waals surface area contributed by atoms with Crippen LogP contribution in [0.4, 0.5) is 0 Å². The second-order valence-electron chi connectivity index (χ2n) is 5.82. The first-order valence-electron chi connectivity index (χ1n) is 7.61. The largest absolute Gasteiger partial charge is 0.490 e. The number of nitrogens with zero attached hydrogens (tertiary/aromatic N) is 1. The van der Waals surface area contributed by atoms with Gasteiger partial charge in [0.05, 0.1) is 13.2 Å². The molecule has 2 aliphatic heterocycles. The quantitative estimate of drug-likeness (QED) is 0.919. The van der Waals surface area contributed by atoms with E-state index in [-0.39, 0.29) is 0 Å². The van der Waals surface area contributed by atoms with Crippen molar-refractivity contribution in [1.82, 2.24) is 4.90 Å². The average molecular weight is 276 g/mol. The van der Waals surface area contributed by atoms with Crippen LogP contribution in [0.2, 0.25) is 0 Å². The van der Waals surface area contributed by atoms with E-state index in [1.807, 2.05) is 6.07 Å². The summed E-state index contributed by atoms with van der Waals surface area (Å²) in [5.41, 5.74) is 7.08. The lowest BCUT2D eigenvalue weighted by molar-refractivity contribution is 0.252. The van der Waals surface area contributed by atoms with Crippen LogP contribution in [-0.4, -0.2) is 37.7 Å². The Morgan fingerprint density at radius 3 is 2.85 bits per heavy atom. The molecule has 110 valence electrons. The Morgan fingerprint density at radius 2 is 2.10 bits per heavy atom. The van der Waals surface area contributed by atoms with E-state index in [1.165, 1.54) is 12.0 Å². The second kappa shape index (κ2) is 6.02. The fraction of sp³-hybridized carbons (Fsp3) is 0.625. The minimum Gasteiger partial charge on any atom is -0.490 e. The van der Waals surface area contributed by atoms with Gasteiger partial charge in [-0.15, -0.1) is 0 Å². The minimum atomic E-state index is 0.406. The Labute approximate surface area is 120 Å². The SMILES string of the molecule is CC(c1ccc2c(c1)OCCCO2)N1CCC(CN)C1. The molecule has 2 unspecified atom stereocenters. The highest BCUT2D eigenvalue weighted by atomic mass is 16.5. The summed E-state index contributed by atoms with van der Waals surface area (Å²) in [6.07, 6.45) is 2.16. The predicted molar refractivity (Wildman–Crippen MR) is 79.2 cm³/mol. The Hall–Kier alpha value is -1.26. The average Bonchev–Trinajstić information content (AvgIpc) is 2.84. The van der Waals surface area contributed by atoms with Crippen molar-refractivity contribution in [3.8, 4) is 11.5 Å². The normalized spacial score (nSPS) is 24.4. The van der Waals surface area contributed by atoms with Crippen molar-refractivity contribution in [2.24, 2.45) is 11.7 Å². The van der Waals surface area contributed by atoms with E-state index in [4.69, 9.17) is 15.2 Å². The molecule has 0 aromatic heterocycles. The molecule has 4 nitrogen and oxygen atoms in total. The maximum absolute atomic E-state index is 5.78. The van der Waals surface area contributed by atoms with Gasteiger partial charge in [0.25, 0.3) is 0 Å². The molecular formula is C16H24N2O2. The summed E-state index contributed by atoms with van der Waals surface area (Å²) in [4.78, 5) is 2.51. The molecule has 0 aliphatic carbocycles. The van der Waals surface area contributed by atoms with Crippen molar-refractivity contribution < 1.29 is 9.47 Å². The molecule has 2 N–H and O–H groups in total. The van der Waals surface area contributed by atoms with Gasteiger partial charge in [-0.25, -0.2) is 0 Å². The minimum absolute atomic E-state index is 0.406. The molecule has 0 radical (unpaired) electrons. The van der Waals surface area contributed by atoms with Gasteiger partial charge in [0.1, 0.15) is 0 Å². The molecule has 20 heavy (non-hydrogen) atoms. The Morgan fingerprint density at radius 1 is 1.30 bits per heavy atom. The van der Waals surface area contributed by atoms with Crippen molar-refractivity contribution in [3.05, 3.63) is 23.8 Å². The van der Waals surface area contributed by atoms with Gasteiger partial charge in [-0.3, -0.25) is 4.90 Å². The highest BCUT2D eigenvalue weighted by Gasteiger charge is 2.26. The summed E-state index contributed by atoms with van der Waals surface area (Å²) in [5.74, 6) is 2.42. The summed E-state index contributed by atoms with van der Waals surface area (Å²) >= 11 is 0. The van der Waals surface area contributed by atoms with E-state index >= 15 is 0 Å². The molecule has 2 atom stereocenters. The molecule has 1 fully saturated rings. The number of fused-ring (bicyclic) bond motifs is 1. The third-order valence-electron chi connectivity index (χ3n) is 4.45. The summed E-state index contributed by atoms with van der Waals surface area (Å²) in [7, 11) is 0. The van der Waals surface area contributed by atoms with Crippen LogP contribution in [0, 0.1) is 5.92 Å². The molecule has 0 amide bonds. The highest BCUT2D eigenvalue weighted by Crippen LogP contribution is 2.35. The fourth-order valence-corrected chi connectivity index (χ4v) is 3.06. The van der Waals surface area contributed by atoms with Crippen LogP contribution < -0.4 is 15.2 Å². The number of likely N-dealkylation sites (tertiary alicyclic amines) is 1. The topological polar surface area (TPSA) is 47.7 Å². The van der Waals surface area contributed by atoms with E-state index in [0.717, 1.165) is 50.8 Å². The van der Waals surface area contributed by atoms with E-state index in [2.05, 4.69) is 24.0 Å². The third kappa shape index (κ3) is 2.76. The summed E-state index contributed by atoms with van der Waals surface area (Å²) in [6.45, 7) is 6.78. The first kappa shape index (κ1) is 13.7. The van der Waals surface area contributed by atoms with Crippen molar-refractivity contribution in [2.75, 3.05) is 32.8 Å². The van der Waals surface area contributed by atoms with Crippen LogP contribution in [0.3, 0.4) is 0 Å². The van der Waals surface area contributed by atoms with Crippen molar-refractivity contribution >= 4 is 0 Å². The van der Waals surface area contributed by atoms with E-state index in [9.17, 15) is 0 Å². The van der Waals surface area contributed by atoms with Crippen LogP contribution in [0.1, 0.15) is 31.4 Å². The maximum atomic E-state index is 5.78. The Kier molecular flexibility index (Phi) is 4.13. The molecule has 1 aromatic rings. The summed E-state index contributed by atoms with van der Waals surface area (Å²) in [6, 6.07) is 6.75. The number of benzene rings is 1. The molecule has 1 aromatic carbocycles. The number of hydrogen-bond acceptors (Lipinski definition) is 4. The Balaban J connectivity index is 1.75. The van der Waals surface area contributed by atoms with Gasteiger partial charge < -0.3 is 15.2 Å². The molecule has 0 bridgehead atoms. The number of ether oxygens (including phenoxy) is 2. The van der Waals surface area contributed by atoms with Crippen LogP contribution >= 0.6 is 0 Å². The number of hydrogen-bond donors (Lipinski definition) is 1. The van der Waals surface area contributed by atoms with Crippen molar-refractivity contribution in [3.63, 3.8) is 0 Å². The molecule has 1 saturated heterocycles. The van der Waals surface area contributed by atoms with Crippen LogP contribution in [0.15, 0.2) is 18.2 Å². The first-order valence-corrected chi connectivity index (χ1v) is 7.61. The lowest BCUT2D eigenvalue weighted by Crippen LogP contribution is -2.26. The van der Waals surface area contributed by atoms with Crippen LogP contribution in [-0.2, 0) is 0 Å². The standard InChI is InChI=1S/C16H24N2O2/c1-12(18-6-5-13(10-17)11-18)14-3-4-15-16(9-14)20-8-2-7-19-15/h3-4,9,12-13H,2,5-8,10-11,17H2,1H3. The van der Waals surface area contributed by atoms with E-state index in [0.29, 0.717) is 12.0 Å². The first-order chi connectivity index (χ1) is 9.78. The van der Waals surface area contributed by atoms with Gasteiger partial charge in [0.15, 0.2) is 11.5 Å². The molecule has 2 heterocycles. The zero-order valence-corrected chi connectivity index (χ0v) is 12.2. The molecule has 2 aliphatic rings. The lowest BCUT2D eigenvalue weighted by atomic mass is 10.1. The fourth-order valence-electron chi connectivity index (χ4n) is 3.06. The van der Waals surface area contributed by atoms with Crippen LogP contribution in [0.5, 0.6) is 11.5 Å². The third-order valence-corrected chi connectivity index (χ3v) is 4.45. The summed E-state index contributed by atoms with van der Waals surface area (Å²) < 4.78 is 11.5. The zero-order valence-electron chi connectivity index (χ0n) is 12.2. The molecular weight excluding hydrogens is 252 g/mol. The van der Waals surface area contributed by atoms with Crippen molar-refractivity contribution in [1.29, 1.82) is 0 Å². The van der Waals surface area contributed by atoms with Gasteiger partial charge in [-0.05, 0) is 50.0 Å². The highest BCUT2D eigenvalue weighted by molar-refractivity contribution is 5.44. The molecule has 0 saturated carbocycles. The van der Waals surface area contributed by atoms with E-state index in [1.54, 1.807) is 0 Å². The number of rotatable bonds is 3. The van der Waals surface area contributed by atoms with Gasteiger partial charge in [0.2, 0.25) is 0 Å². The Bertz CT molecular complexity index is 464. The van der Waals surface area contributed by atoms with Gasteiger partial charge >= 0.3 is 0 Å². The molecule has 3 rings (SSSR count). The van der Waals surface area contributed by atoms with Gasteiger partial charge in [-0.2, -0.15) is 0 Å². The maximum Gasteiger partial charge on any atom is 0.161 e. The molecule has 4 heteroatoms. The van der Waals surface area contributed by atoms with Crippen LogP contribution in [0.25, 0.3) is 0 Å². The summed E-state index contributed by atoms with van der Waals surface area (Å²) in [5, 5.41) is 0. The zero-order chi connectivity index (χ0) is 13.9. The van der Waals surface area contributed by atoms with Crippen molar-refractivity contribution in [2.45, 2.75) is 25.8 Å².